The normalized spacial score (nSPS) is 19.1. The molecule has 0 aromatic heterocycles. The van der Waals surface area contributed by atoms with E-state index < -0.39 is 12.0 Å². The van der Waals surface area contributed by atoms with Gasteiger partial charge in [-0.15, -0.1) is 0 Å². The monoisotopic (exact) mass is 275 g/mol. The highest BCUT2D eigenvalue weighted by Crippen LogP contribution is 2.21. The maximum Gasteiger partial charge on any atom is 0.326 e. The predicted octanol–water partition coefficient (Wildman–Crippen LogP) is 2.89. The quantitative estimate of drug-likeness (QED) is 0.922. The number of hydrogen-bond donors (Lipinski definition) is 1. The van der Waals surface area contributed by atoms with Crippen LogP contribution in [0.3, 0.4) is 0 Å². The van der Waals surface area contributed by atoms with Crippen LogP contribution in [0.4, 0.5) is 0 Å². The number of amides is 1. The fourth-order valence-electron chi connectivity index (χ4n) is 2.61. The molecule has 4 heteroatoms. The summed E-state index contributed by atoms with van der Waals surface area (Å²) in [5.74, 6) is -0.662. The second-order valence-electron chi connectivity index (χ2n) is 5.63. The second-order valence-corrected chi connectivity index (χ2v) is 5.63. The number of piperidine rings is 1. The van der Waals surface area contributed by atoms with Crippen molar-refractivity contribution in [3.63, 3.8) is 0 Å². The smallest absolute Gasteiger partial charge is 0.326 e. The third-order valence-electron chi connectivity index (χ3n) is 3.87. The lowest BCUT2D eigenvalue weighted by molar-refractivity contribution is -0.143. The van der Waals surface area contributed by atoms with Crippen molar-refractivity contribution < 1.29 is 14.7 Å². The van der Waals surface area contributed by atoms with Crippen molar-refractivity contribution in [2.75, 3.05) is 6.54 Å². The first-order chi connectivity index (χ1) is 9.50. The van der Waals surface area contributed by atoms with Gasteiger partial charge in [0.15, 0.2) is 0 Å². The molecular weight excluding hydrogens is 254 g/mol. The fraction of sp³-hybridized carbons (Fsp3) is 0.500. The number of nitrogens with zero attached hydrogens (tertiary/aromatic N) is 1. The van der Waals surface area contributed by atoms with E-state index in [1.165, 1.54) is 10.5 Å². The summed E-state index contributed by atoms with van der Waals surface area (Å²) in [6.45, 7) is 4.73. The Labute approximate surface area is 119 Å². The Morgan fingerprint density at radius 3 is 2.40 bits per heavy atom. The lowest BCUT2D eigenvalue weighted by atomic mass is 9.99. The predicted molar refractivity (Wildman–Crippen MR) is 76.8 cm³/mol. The third-order valence-corrected chi connectivity index (χ3v) is 3.87. The number of hydrogen-bond acceptors (Lipinski definition) is 2. The van der Waals surface area contributed by atoms with Crippen LogP contribution >= 0.6 is 0 Å². The van der Waals surface area contributed by atoms with Crippen LogP contribution in [0.1, 0.15) is 54.9 Å². The van der Waals surface area contributed by atoms with Crippen molar-refractivity contribution in [2.45, 2.75) is 45.1 Å². The number of carboxylic acids is 1. The molecule has 0 radical (unpaired) electrons. The molecular formula is C16H21NO3. The summed E-state index contributed by atoms with van der Waals surface area (Å²) in [5.41, 5.74) is 1.75. The molecule has 1 amide bonds. The first-order valence-electron chi connectivity index (χ1n) is 7.14. The van der Waals surface area contributed by atoms with E-state index in [1.807, 2.05) is 12.1 Å². The van der Waals surface area contributed by atoms with Crippen LogP contribution < -0.4 is 0 Å². The Balaban J connectivity index is 2.18. The molecule has 1 heterocycles. The van der Waals surface area contributed by atoms with Crippen molar-refractivity contribution in [1.29, 1.82) is 0 Å². The van der Waals surface area contributed by atoms with Gasteiger partial charge in [-0.05, 0) is 42.9 Å². The molecule has 0 unspecified atom stereocenters. The molecule has 1 saturated heterocycles. The Hall–Kier alpha value is -1.84. The van der Waals surface area contributed by atoms with Crippen LogP contribution in [0, 0.1) is 0 Å². The van der Waals surface area contributed by atoms with Gasteiger partial charge in [-0.2, -0.15) is 0 Å². The van der Waals surface area contributed by atoms with E-state index in [2.05, 4.69) is 13.8 Å². The van der Waals surface area contributed by atoms with Gasteiger partial charge < -0.3 is 10.0 Å². The number of likely N-dealkylation sites (tertiary alicyclic amines) is 1. The highest BCUT2D eigenvalue weighted by molar-refractivity contribution is 5.96. The summed E-state index contributed by atoms with van der Waals surface area (Å²) in [4.78, 5) is 25.2. The van der Waals surface area contributed by atoms with Crippen LogP contribution in [0.25, 0.3) is 0 Å². The fourth-order valence-corrected chi connectivity index (χ4v) is 2.61. The van der Waals surface area contributed by atoms with Crippen molar-refractivity contribution >= 4 is 11.9 Å². The van der Waals surface area contributed by atoms with Gasteiger partial charge in [0, 0.05) is 12.1 Å². The minimum absolute atomic E-state index is 0.174. The van der Waals surface area contributed by atoms with E-state index in [-0.39, 0.29) is 5.91 Å². The standard InChI is InChI=1S/C16H21NO3/c1-11(2)12-6-8-13(9-7-12)15(18)17-10-4-3-5-14(17)16(19)20/h6-9,11,14H,3-5,10H2,1-2H3,(H,19,20)/t14-/m1/s1. The Morgan fingerprint density at radius 1 is 1.20 bits per heavy atom. The van der Waals surface area contributed by atoms with Crippen LogP contribution in [0.5, 0.6) is 0 Å². The number of carbonyl (C=O) groups excluding carboxylic acids is 1. The molecule has 1 atom stereocenters. The zero-order chi connectivity index (χ0) is 14.7. The molecule has 1 N–H and O–H groups in total. The topological polar surface area (TPSA) is 57.6 Å². The van der Waals surface area contributed by atoms with E-state index in [0.29, 0.717) is 24.4 Å². The molecule has 4 nitrogen and oxygen atoms in total. The maximum absolute atomic E-state index is 12.5. The molecule has 1 aliphatic heterocycles. The van der Waals surface area contributed by atoms with E-state index >= 15 is 0 Å². The molecule has 1 aliphatic rings. The Morgan fingerprint density at radius 2 is 1.85 bits per heavy atom. The van der Waals surface area contributed by atoms with E-state index in [1.54, 1.807) is 12.1 Å². The summed E-state index contributed by atoms with van der Waals surface area (Å²) in [5, 5.41) is 9.23. The zero-order valence-corrected chi connectivity index (χ0v) is 12.0. The summed E-state index contributed by atoms with van der Waals surface area (Å²) in [6, 6.07) is 6.80. The average Bonchev–Trinajstić information content (AvgIpc) is 2.46. The molecule has 1 fully saturated rings. The van der Waals surface area contributed by atoms with E-state index in [4.69, 9.17) is 0 Å². The van der Waals surface area contributed by atoms with Gasteiger partial charge in [0.05, 0.1) is 0 Å². The van der Waals surface area contributed by atoms with Crippen LogP contribution in [0.2, 0.25) is 0 Å². The first-order valence-corrected chi connectivity index (χ1v) is 7.14. The highest BCUT2D eigenvalue weighted by atomic mass is 16.4. The van der Waals surface area contributed by atoms with Gasteiger partial charge in [0.2, 0.25) is 0 Å². The molecule has 0 saturated carbocycles. The van der Waals surface area contributed by atoms with E-state index in [0.717, 1.165) is 12.8 Å². The molecule has 0 spiro atoms. The minimum Gasteiger partial charge on any atom is -0.480 e. The lowest BCUT2D eigenvalue weighted by Gasteiger charge is -2.33. The molecule has 20 heavy (non-hydrogen) atoms. The van der Waals surface area contributed by atoms with Gasteiger partial charge in [-0.25, -0.2) is 4.79 Å². The van der Waals surface area contributed by atoms with Gasteiger partial charge in [0.1, 0.15) is 6.04 Å². The zero-order valence-electron chi connectivity index (χ0n) is 12.0. The molecule has 0 bridgehead atoms. The molecule has 108 valence electrons. The van der Waals surface area contributed by atoms with Crippen LogP contribution in [-0.4, -0.2) is 34.5 Å². The van der Waals surface area contributed by atoms with Crippen LogP contribution in [-0.2, 0) is 4.79 Å². The number of rotatable bonds is 3. The molecule has 0 aliphatic carbocycles. The summed E-state index contributed by atoms with van der Waals surface area (Å²) >= 11 is 0. The summed E-state index contributed by atoms with van der Waals surface area (Å²) in [6.07, 6.45) is 2.29. The van der Waals surface area contributed by atoms with Gasteiger partial charge in [-0.1, -0.05) is 26.0 Å². The van der Waals surface area contributed by atoms with Crippen molar-refractivity contribution in [3.05, 3.63) is 35.4 Å². The maximum atomic E-state index is 12.5. The number of benzene rings is 1. The molecule has 1 aromatic carbocycles. The van der Waals surface area contributed by atoms with Gasteiger partial charge in [-0.3, -0.25) is 4.79 Å². The van der Waals surface area contributed by atoms with Crippen LogP contribution in [0.15, 0.2) is 24.3 Å². The Bertz CT molecular complexity index is 493. The Kier molecular flexibility index (Phi) is 4.42. The largest absolute Gasteiger partial charge is 0.480 e. The van der Waals surface area contributed by atoms with Crippen molar-refractivity contribution in [2.24, 2.45) is 0 Å². The number of carbonyl (C=O) groups is 2. The molecule has 2 rings (SSSR count). The van der Waals surface area contributed by atoms with Gasteiger partial charge in [0.25, 0.3) is 5.91 Å². The third kappa shape index (κ3) is 3.00. The first kappa shape index (κ1) is 14.6. The second kappa shape index (κ2) is 6.07. The number of aliphatic carboxylic acids is 1. The lowest BCUT2D eigenvalue weighted by Crippen LogP contribution is -2.47. The van der Waals surface area contributed by atoms with Gasteiger partial charge >= 0.3 is 5.97 Å². The molecule has 1 aromatic rings. The SMILES string of the molecule is CC(C)c1ccc(C(=O)N2CCCC[C@@H]2C(=O)O)cc1. The van der Waals surface area contributed by atoms with Crippen molar-refractivity contribution in [3.8, 4) is 0 Å². The average molecular weight is 275 g/mol. The highest BCUT2D eigenvalue weighted by Gasteiger charge is 2.32. The minimum atomic E-state index is -0.906. The summed E-state index contributed by atoms with van der Waals surface area (Å²) in [7, 11) is 0. The van der Waals surface area contributed by atoms with Crippen molar-refractivity contribution in [1.82, 2.24) is 4.90 Å². The summed E-state index contributed by atoms with van der Waals surface area (Å²) < 4.78 is 0. The number of carboxylic acid groups (broad SMARTS) is 1. The van der Waals surface area contributed by atoms with E-state index in [9.17, 15) is 14.7 Å².